The summed E-state index contributed by atoms with van der Waals surface area (Å²) in [6, 6.07) is 9.54. The van der Waals surface area contributed by atoms with Crippen LogP contribution in [0.25, 0.3) is 16.7 Å². The predicted molar refractivity (Wildman–Crippen MR) is 93.2 cm³/mol. The first-order valence-electron chi connectivity index (χ1n) is 7.93. The Morgan fingerprint density at radius 1 is 1.07 bits per heavy atom. The maximum Gasteiger partial charge on any atom is 0.418 e. The molecule has 0 atom stereocenters. The molecule has 0 saturated carbocycles. The highest BCUT2D eigenvalue weighted by molar-refractivity contribution is 6.03. The SMILES string of the molecule is O=C(Nc1ccc2[nH]c(=O)[nH]c2c1)c1cn(-c2ccccc2C(F)(F)F)nn1. The molecule has 8 nitrogen and oxygen atoms in total. The van der Waals surface area contributed by atoms with Crippen molar-refractivity contribution in [1.29, 1.82) is 0 Å². The van der Waals surface area contributed by atoms with Gasteiger partial charge < -0.3 is 15.3 Å². The third-order valence-electron chi connectivity index (χ3n) is 3.96. The van der Waals surface area contributed by atoms with Gasteiger partial charge in [0, 0.05) is 5.69 Å². The van der Waals surface area contributed by atoms with E-state index < -0.39 is 17.6 Å². The molecular formula is C17H11F3N6O2. The topological polar surface area (TPSA) is 108 Å². The van der Waals surface area contributed by atoms with Crippen LogP contribution < -0.4 is 11.0 Å². The summed E-state index contributed by atoms with van der Waals surface area (Å²) >= 11 is 0. The molecular weight excluding hydrogens is 377 g/mol. The quantitative estimate of drug-likeness (QED) is 0.501. The van der Waals surface area contributed by atoms with Gasteiger partial charge in [-0.1, -0.05) is 17.3 Å². The molecule has 1 amide bonds. The highest BCUT2D eigenvalue weighted by Crippen LogP contribution is 2.33. The van der Waals surface area contributed by atoms with E-state index in [0.717, 1.165) is 16.9 Å². The van der Waals surface area contributed by atoms with Gasteiger partial charge in [-0.15, -0.1) is 5.10 Å². The van der Waals surface area contributed by atoms with Crippen LogP contribution in [0.4, 0.5) is 18.9 Å². The minimum Gasteiger partial charge on any atom is -0.320 e. The number of anilines is 1. The van der Waals surface area contributed by atoms with Gasteiger partial charge in [-0.05, 0) is 30.3 Å². The first-order chi connectivity index (χ1) is 13.3. The second-order valence-corrected chi connectivity index (χ2v) is 5.86. The second-order valence-electron chi connectivity index (χ2n) is 5.86. The second kappa shape index (κ2) is 6.37. The lowest BCUT2D eigenvalue weighted by molar-refractivity contribution is -0.137. The maximum absolute atomic E-state index is 13.1. The van der Waals surface area contributed by atoms with Gasteiger partial charge >= 0.3 is 11.9 Å². The highest BCUT2D eigenvalue weighted by Gasteiger charge is 2.34. The van der Waals surface area contributed by atoms with Gasteiger partial charge in [0.25, 0.3) is 5.91 Å². The normalized spacial score (nSPS) is 11.7. The smallest absolute Gasteiger partial charge is 0.320 e. The fourth-order valence-corrected chi connectivity index (χ4v) is 2.70. The lowest BCUT2D eigenvalue weighted by Gasteiger charge is -2.11. The number of imidazole rings is 1. The Labute approximate surface area is 154 Å². The number of rotatable bonds is 3. The molecule has 2 aromatic carbocycles. The summed E-state index contributed by atoms with van der Waals surface area (Å²) in [6.45, 7) is 0. The standard InChI is InChI=1S/C17H11F3N6O2/c18-17(19,20)10-3-1-2-4-14(10)26-8-13(24-25-26)15(27)21-9-5-6-11-12(7-9)23-16(28)22-11/h1-8H,(H,21,27)(H2,22,23,28). The fraction of sp³-hybridized carbons (Fsp3) is 0.0588. The number of nitrogens with one attached hydrogen (secondary N) is 3. The molecule has 0 aliphatic heterocycles. The number of hydrogen-bond donors (Lipinski definition) is 3. The van der Waals surface area contributed by atoms with Crippen molar-refractivity contribution in [3.05, 3.63) is 70.4 Å². The molecule has 2 heterocycles. The summed E-state index contributed by atoms with van der Waals surface area (Å²) in [5, 5.41) is 9.83. The van der Waals surface area contributed by atoms with E-state index in [1.807, 2.05) is 0 Å². The molecule has 0 bridgehead atoms. The first-order valence-corrected chi connectivity index (χ1v) is 7.93. The van der Waals surface area contributed by atoms with E-state index in [0.29, 0.717) is 16.7 Å². The molecule has 142 valence electrons. The van der Waals surface area contributed by atoms with Gasteiger partial charge in [-0.3, -0.25) is 4.79 Å². The van der Waals surface area contributed by atoms with E-state index in [1.54, 1.807) is 12.1 Å². The summed E-state index contributed by atoms with van der Waals surface area (Å²) in [6.07, 6.45) is -3.47. The van der Waals surface area contributed by atoms with Crippen molar-refractivity contribution in [3.8, 4) is 5.69 Å². The molecule has 0 unspecified atom stereocenters. The van der Waals surface area contributed by atoms with E-state index in [4.69, 9.17) is 0 Å². The van der Waals surface area contributed by atoms with Crippen molar-refractivity contribution in [2.75, 3.05) is 5.32 Å². The maximum atomic E-state index is 13.1. The van der Waals surface area contributed by atoms with Crippen LogP contribution in [0.5, 0.6) is 0 Å². The van der Waals surface area contributed by atoms with Gasteiger partial charge in [-0.25, -0.2) is 9.48 Å². The molecule has 3 N–H and O–H groups in total. The van der Waals surface area contributed by atoms with Crippen LogP contribution in [0.1, 0.15) is 16.1 Å². The van der Waals surface area contributed by atoms with Gasteiger partial charge in [0.15, 0.2) is 5.69 Å². The molecule has 0 saturated heterocycles. The van der Waals surface area contributed by atoms with Crippen LogP contribution in [-0.2, 0) is 6.18 Å². The zero-order valence-electron chi connectivity index (χ0n) is 13.9. The third-order valence-corrected chi connectivity index (χ3v) is 3.96. The van der Waals surface area contributed by atoms with Gasteiger partial charge in [-0.2, -0.15) is 13.2 Å². The van der Waals surface area contributed by atoms with E-state index in [1.165, 1.54) is 24.3 Å². The van der Waals surface area contributed by atoms with E-state index >= 15 is 0 Å². The summed E-state index contributed by atoms with van der Waals surface area (Å²) in [7, 11) is 0. The highest BCUT2D eigenvalue weighted by atomic mass is 19.4. The predicted octanol–water partition coefficient (Wildman–Crippen LogP) is 2.71. The third kappa shape index (κ3) is 3.24. The molecule has 0 aliphatic carbocycles. The Kier molecular flexibility index (Phi) is 3.99. The number of aromatic nitrogens is 5. The number of fused-ring (bicyclic) bond motifs is 1. The number of hydrogen-bond acceptors (Lipinski definition) is 4. The molecule has 0 aliphatic rings. The van der Waals surface area contributed by atoms with Gasteiger partial charge in [0.2, 0.25) is 0 Å². The largest absolute Gasteiger partial charge is 0.418 e. The Bertz CT molecular complexity index is 1240. The molecule has 2 aromatic heterocycles. The summed E-state index contributed by atoms with van der Waals surface area (Å²) < 4.78 is 40.3. The van der Waals surface area contributed by atoms with Crippen molar-refractivity contribution in [1.82, 2.24) is 25.0 Å². The Morgan fingerprint density at radius 2 is 1.82 bits per heavy atom. The number of H-pyrrole nitrogens is 2. The van der Waals surface area contributed by atoms with Crippen molar-refractivity contribution < 1.29 is 18.0 Å². The number of aromatic amines is 2. The van der Waals surface area contributed by atoms with Crippen LogP contribution in [0, 0.1) is 0 Å². The van der Waals surface area contributed by atoms with Crippen molar-refractivity contribution >= 4 is 22.6 Å². The zero-order chi connectivity index (χ0) is 19.9. The van der Waals surface area contributed by atoms with E-state index in [2.05, 4.69) is 25.6 Å². The van der Waals surface area contributed by atoms with Crippen molar-refractivity contribution in [2.45, 2.75) is 6.18 Å². The first kappa shape index (κ1) is 17.5. The Balaban J connectivity index is 1.60. The minimum atomic E-state index is -4.58. The fourth-order valence-electron chi connectivity index (χ4n) is 2.70. The van der Waals surface area contributed by atoms with Gasteiger partial charge in [0.1, 0.15) is 0 Å². The number of halogens is 3. The molecule has 0 fully saturated rings. The molecule has 28 heavy (non-hydrogen) atoms. The molecule has 4 aromatic rings. The number of carbonyl (C=O) groups is 1. The Hall–Kier alpha value is -3.89. The number of carbonyl (C=O) groups excluding carboxylic acids is 1. The number of amides is 1. The number of nitrogens with zero attached hydrogens (tertiary/aromatic N) is 3. The minimum absolute atomic E-state index is 0.167. The van der Waals surface area contributed by atoms with Crippen molar-refractivity contribution in [2.24, 2.45) is 0 Å². The summed E-state index contributed by atoms with van der Waals surface area (Å²) in [4.78, 5) is 28.8. The number of benzene rings is 2. The van der Waals surface area contributed by atoms with Gasteiger partial charge in [0.05, 0.1) is 28.5 Å². The zero-order valence-corrected chi connectivity index (χ0v) is 13.9. The lowest BCUT2D eigenvalue weighted by atomic mass is 10.1. The molecule has 0 radical (unpaired) electrons. The van der Waals surface area contributed by atoms with Crippen LogP contribution in [0.2, 0.25) is 0 Å². The monoisotopic (exact) mass is 388 g/mol. The molecule has 0 spiro atoms. The van der Waals surface area contributed by atoms with E-state index in [9.17, 15) is 22.8 Å². The average Bonchev–Trinajstić information content (AvgIpc) is 3.26. The average molecular weight is 388 g/mol. The van der Waals surface area contributed by atoms with Crippen LogP contribution in [-0.4, -0.2) is 30.9 Å². The Morgan fingerprint density at radius 3 is 2.61 bits per heavy atom. The lowest BCUT2D eigenvalue weighted by Crippen LogP contribution is -2.12. The summed E-state index contributed by atoms with van der Waals surface area (Å²) in [5.41, 5.74) is -0.257. The molecule has 4 rings (SSSR count). The van der Waals surface area contributed by atoms with Crippen LogP contribution in [0.3, 0.4) is 0 Å². The van der Waals surface area contributed by atoms with Crippen molar-refractivity contribution in [3.63, 3.8) is 0 Å². The number of para-hydroxylation sites is 1. The number of alkyl halides is 3. The summed E-state index contributed by atoms with van der Waals surface area (Å²) in [5.74, 6) is -0.659. The van der Waals surface area contributed by atoms with Crippen LogP contribution in [0.15, 0.2) is 53.5 Å². The molecule has 11 heteroatoms. The van der Waals surface area contributed by atoms with Crippen LogP contribution >= 0.6 is 0 Å². The van der Waals surface area contributed by atoms with E-state index in [-0.39, 0.29) is 17.1 Å².